The quantitative estimate of drug-likeness (QED) is 0.728. The fourth-order valence-electron chi connectivity index (χ4n) is 2.47. The van der Waals surface area contributed by atoms with Crippen molar-refractivity contribution in [2.75, 3.05) is 20.1 Å². The third kappa shape index (κ3) is 5.60. The lowest BCUT2D eigenvalue weighted by Crippen LogP contribution is -2.28. The average molecular weight is 367 g/mol. The molecule has 0 aliphatic heterocycles. The number of hydrogen-bond acceptors (Lipinski definition) is 3. The van der Waals surface area contributed by atoms with E-state index >= 15 is 0 Å². The van der Waals surface area contributed by atoms with Crippen molar-refractivity contribution >= 4 is 21.6 Å². The van der Waals surface area contributed by atoms with Crippen LogP contribution in [0.15, 0.2) is 53.4 Å². The fraction of sp³-hybridized carbons (Fsp3) is 0.333. The zero-order valence-corrected chi connectivity index (χ0v) is 15.6. The van der Waals surface area contributed by atoms with E-state index in [1.807, 2.05) is 25.2 Å². The molecule has 130 valence electrons. The van der Waals surface area contributed by atoms with Crippen LogP contribution in [0, 0.1) is 6.92 Å². The van der Waals surface area contributed by atoms with E-state index in [1.165, 1.54) is 11.6 Å². The van der Waals surface area contributed by atoms with Crippen molar-refractivity contribution in [2.45, 2.75) is 24.8 Å². The number of hydrogen-bond donors (Lipinski definition) is 1. The first-order chi connectivity index (χ1) is 11.4. The van der Waals surface area contributed by atoms with Gasteiger partial charge in [-0.05, 0) is 50.2 Å². The molecular weight excluding hydrogens is 344 g/mol. The lowest BCUT2D eigenvalue weighted by atomic mass is 10.2. The Hall–Kier alpha value is -1.40. The Balaban J connectivity index is 1.82. The summed E-state index contributed by atoms with van der Waals surface area (Å²) in [5, 5.41) is 0.420. The lowest BCUT2D eigenvalue weighted by molar-refractivity contribution is 0.322. The number of sulfonamides is 1. The van der Waals surface area contributed by atoms with E-state index in [0.29, 0.717) is 17.1 Å². The maximum absolute atomic E-state index is 12.4. The summed E-state index contributed by atoms with van der Waals surface area (Å²) in [6.45, 7) is 3.82. The Morgan fingerprint density at radius 2 is 1.83 bits per heavy atom. The summed E-state index contributed by atoms with van der Waals surface area (Å²) in [6.07, 6.45) is 0.738. The Morgan fingerprint density at radius 1 is 1.12 bits per heavy atom. The fourth-order valence-corrected chi connectivity index (χ4v) is 4.05. The molecule has 0 aliphatic rings. The van der Waals surface area contributed by atoms with Crippen molar-refractivity contribution in [1.29, 1.82) is 0 Å². The molecular formula is C18H23ClN2O2S. The van der Waals surface area contributed by atoms with Crippen LogP contribution in [0.2, 0.25) is 5.02 Å². The molecule has 1 N–H and O–H groups in total. The van der Waals surface area contributed by atoms with Crippen LogP contribution in [-0.2, 0) is 16.6 Å². The first-order valence-corrected chi connectivity index (χ1v) is 9.73. The first kappa shape index (κ1) is 18.9. The van der Waals surface area contributed by atoms with Gasteiger partial charge in [0.15, 0.2) is 0 Å². The minimum atomic E-state index is -3.52. The number of aryl methyl sites for hydroxylation is 1. The van der Waals surface area contributed by atoms with Gasteiger partial charge in [0.05, 0.1) is 4.90 Å². The van der Waals surface area contributed by atoms with Crippen LogP contribution in [0.1, 0.15) is 17.5 Å². The summed E-state index contributed by atoms with van der Waals surface area (Å²) in [6, 6.07) is 15.1. The molecule has 0 aliphatic carbocycles. The van der Waals surface area contributed by atoms with Crippen LogP contribution < -0.4 is 4.72 Å². The van der Waals surface area contributed by atoms with Gasteiger partial charge in [-0.1, -0.05) is 48.0 Å². The zero-order valence-electron chi connectivity index (χ0n) is 14.0. The van der Waals surface area contributed by atoms with Crippen LogP contribution >= 0.6 is 11.6 Å². The lowest BCUT2D eigenvalue weighted by Gasteiger charge is -2.17. The van der Waals surface area contributed by atoms with Gasteiger partial charge in [0.1, 0.15) is 0 Å². The average Bonchev–Trinajstić information content (AvgIpc) is 2.55. The van der Waals surface area contributed by atoms with Crippen LogP contribution in [0.4, 0.5) is 0 Å². The van der Waals surface area contributed by atoms with Crippen molar-refractivity contribution in [3.8, 4) is 0 Å². The van der Waals surface area contributed by atoms with Gasteiger partial charge >= 0.3 is 0 Å². The van der Waals surface area contributed by atoms with Gasteiger partial charge in [-0.2, -0.15) is 0 Å². The van der Waals surface area contributed by atoms with Gasteiger partial charge in [0.2, 0.25) is 10.0 Å². The second-order valence-electron chi connectivity index (χ2n) is 5.88. The molecule has 0 heterocycles. The smallest absolute Gasteiger partial charge is 0.240 e. The van der Waals surface area contributed by atoms with E-state index < -0.39 is 10.0 Å². The number of rotatable bonds is 8. The van der Waals surface area contributed by atoms with Crippen LogP contribution in [0.25, 0.3) is 0 Å². The molecule has 4 nitrogen and oxygen atoms in total. The maximum atomic E-state index is 12.4. The third-order valence-electron chi connectivity index (χ3n) is 3.74. The SMILES string of the molecule is Cc1ccc(Cl)cc1S(=O)(=O)NCCCN(C)Cc1ccccc1. The van der Waals surface area contributed by atoms with Crippen LogP contribution in [0.3, 0.4) is 0 Å². The number of nitrogens with one attached hydrogen (secondary N) is 1. The first-order valence-electron chi connectivity index (χ1n) is 7.87. The summed E-state index contributed by atoms with van der Waals surface area (Å²) in [4.78, 5) is 2.42. The second kappa shape index (κ2) is 8.62. The van der Waals surface area contributed by atoms with E-state index in [4.69, 9.17) is 11.6 Å². The van der Waals surface area contributed by atoms with Gasteiger partial charge in [-0.3, -0.25) is 0 Å². The molecule has 0 radical (unpaired) electrons. The molecule has 0 aromatic heterocycles. The largest absolute Gasteiger partial charge is 0.302 e. The molecule has 0 amide bonds. The summed E-state index contributed by atoms with van der Waals surface area (Å²) >= 11 is 5.90. The summed E-state index contributed by atoms with van der Waals surface area (Å²) in [5.74, 6) is 0. The summed E-state index contributed by atoms with van der Waals surface area (Å²) in [5.41, 5.74) is 1.93. The molecule has 2 aromatic carbocycles. The molecule has 2 aromatic rings. The minimum absolute atomic E-state index is 0.243. The Labute approximate surface area is 149 Å². The number of benzene rings is 2. The molecule has 0 saturated carbocycles. The van der Waals surface area contributed by atoms with E-state index in [1.54, 1.807) is 19.1 Å². The molecule has 0 spiro atoms. The zero-order chi connectivity index (χ0) is 17.6. The molecule has 0 unspecified atom stereocenters. The highest BCUT2D eigenvalue weighted by molar-refractivity contribution is 7.89. The summed E-state index contributed by atoms with van der Waals surface area (Å²) < 4.78 is 27.4. The Morgan fingerprint density at radius 3 is 2.54 bits per heavy atom. The molecule has 0 bridgehead atoms. The van der Waals surface area contributed by atoms with Crippen LogP contribution in [-0.4, -0.2) is 33.5 Å². The molecule has 0 fully saturated rings. The van der Waals surface area contributed by atoms with Crippen molar-refractivity contribution in [3.05, 3.63) is 64.7 Å². The van der Waals surface area contributed by atoms with E-state index in [9.17, 15) is 8.42 Å². The van der Waals surface area contributed by atoms with E-state index in [0.717, 1.165) is 19.5 Å². The van der Waals surface area contributed by atoms with Crippen molar-refractivity contribution in [3.63, 3.8) is 0 Å². The van der Waals surface area contributed by atoms with E-state index in [2.05, 4.69) is 21.8 Å². The molecule has 24 heavy (non-hydrogen) atoms. The summed E-state index contributed by atoms with van der Waals surface area (Å²) in [7, 11) is -1.49. The second-order valence-corrected chi connectivity index (χ2v) is 8.06. The molecule has 0 saturated heterocycles. The molecule has 0 atom stereocenters. The van der Waals surface area contributed by atoms with Gasteiger partial charge < -0.3 is 4.90 Å². The molecule has 2 rings (SSSR count). The van der Waals surface area contributed by atoms with Crippen molar-refractivity contribution < 1.29 is 8.42 Å². The van der Waals surface area contributed by atoms with Gasteiger partial charge in [-0.25, -0.2) is 13.1 Å². The molecule has 6 heteroatoms. The maximum Gasteiger partial charge on any atom is 0.240 e. The topological polar surface area (TPSA) is 49.4 Å². The van der Waals surface area contributed by atoms with E-state index in [-0.39, 0.29) is 4.90 Å². The highest BCUT2D eigenvalue weighted by atomic mass is 35.5. The minimum Gasteiger partial charge on any atom is -0.302 e. The highest BCUT2D eigenvalue weighted by Crippen LogP contribution is 2.19. The third-order valence-corrected chi connectivity index (χ3v) is 5.58. The Bertz CT molecular complexity index is 764. The number of nitrogens with zero attached hydrogens (tertiary/aromatic N) is 1. The standard InChI is InChI=1S/C18H23ClN2O2S/c1-15-9-10-17(19)13-18(15)24(22,23)20-11-6-12-21(2)14-16-7-4-3-5-8-16/h3-5,7-10,13,20H,6,11-12,14H2,1-2H3. The number of halogens is 1. The predicted octanol–water partition coefficient (Wildman–Crippen LogP) is 3.45. The normalized spacial score (nSPS) is 11.8. The van der Waals surface area contributed by atoms with Gasteiger partial charge in [0.25, 0.3) is 0 Å². The van der Waals surface area contributed by atoms with Crippen LogP contribution in [0.5, 0.6) is 0 Å². The monoisotopic (exact) mass is 366 g/mol. The van der Waals surface area contributed by atoms with Gasteiger partial charge in [-0.15, -0.1) is 0 Å². The van der Waals surface area contributed by atoms with Crippen molar-refractivity contribution in [1.82, 2.24) is 9.62 Å². The highest BCUT2D eigenvalue weighted by Gasteiger charge is 2.16. The van der Waals surface area contributed by atoms with Crippen molar-refractivity contribution in [2.24, 2.45) is 0 Å². The Kier molecular flexibility index (Phi) is 6.80. The van der Waals surface area contributed by atoms with Gasteiger partial charge in [0, 0.05) is 18.1 Å². The predicted molar refractivity (Wildman–Crippen MR) is 98.8 cm³/mol.